The molecule has 2 N–H and O–H groups in total. The molecule has 0 amide bonds. The first-order valence-corrected chi connectivity index (χ1v) is 8.80. The van der Waals surface area contributed by atoms with Crippen LogP contribution in [0.15, 0.2) is 24.3 Å². The molecule has 21 heavy (non-hydrogen) atoms. The lowest BCUT2D eigenvalue weighted by molar-refractivity contribution is 0.288. The van der Waals surface area contributed by atoms with Gasteiger partial charge in [-0.05, 0) is 37.0 Å². The van der Waals surface area contributed by atoms with Gasteiger partial charge in [0.2, 0.25) is 0 Å². The van der Waals surface area contributed by atoms with Gasteiger partial charge in [0.25, 0.3) is 0 Å². The van der Waals surface area contributed by atoms with Crippen molar-refractivity contribution >= 4 is 5.69 Å². The average molecular weight is 291 g/mol. The van der Waals surface area contributed by atoms with E-state index in [1.165, 1.54) is 62.6 Å². The Hall–Kier alpha value is -1.02. The van der Waals surface area contributed by atoms with Crippen molar-refractivity contribution in [1.29, 1.82) is 0 Å². The van der Waals surface area contributed by atoms with Crippen molar-refractivity contribution in [2.45, 2.75) is 71.1 Å². The summed E-state index contributed by atoms with van der Waals surface area (Å²) in [6.45, 7) is 3.61. The molecule has 0 aliphatic rings. The SMILES string of the molecule is CCCCCCCCCCNc1cccc(CCCO)c1. The summed E-state index contributed by atoms with van der Waals surface area (Å²) in [4.78, 5) is 0. The maximum absolute atomic E-state index is 8.87. The van der Waals surface area contributed by atoms with E-state index >= 15 is 0 Å². The number of aliphatic hydroxyl groups excluding tert-OH is 1. The zero-order chi connectivity index (χ0) is 15.2. The number of hydrogen-bond donors (Lipinski definition) is 2. The van der Waals surface area contributed by atoms with Crippen molar-refractivity contribution in [2.24, 2.45) is 0 Å². The molecule has 0 heterocycles. The molecule has 0 atom stereocenters. The van der Waals surface area contributed by atoms with Crippen LogP contribution in [0.25, 0.3) is 0 Å². The summed E-state index contributed by atoms with van der Waals surface area (Å²) in [6.07, 6.45) is 12.7. The first kappa shape index (κ1) is 18.0. The summed E-state index contributed by atoms with van der Waals surface area (Å²) in [5.74, 6) is 0. The van der Waals surface area contributed by atoms with Gasteiger partial charge in [-0.15, -0.1) is 0 Å². The molecule has 0 unspecified atom stereocenters. The Balaban J connectivity index is 2.04. The highest BCUT2D eigenvalue weighted by atomic mass is 16.2. The minimum Gasteiger partial charge on any atom is -0.396 e. The standard InChI is InChI=1S/C19H33NO/c1-2-3-4-5-6-7-8-9-15-20-19-14-10-12-18(17-19)13-11-16-21/h10,12,14,17,20-21H,2-9,11,13,15-16H2,1H3. The second-order valence-corrected chi connectivity index (χ2v) is 5.93. The molecule has 1 rings (SSSR count). The fourth-order valence-electron chi connectivity index (χ4n) is 2.61. The van der Waals surface area contributed by atoms with Gasteiger partial charge in [0.1, 0.15) is 0 Å². The molecule has 2 heteroatoms. The van der Waals surface area contributed by atoms with Crippen molar-refractivity contribution in [3.05, 3.63) is 29.8 Å². The van der Waals surface area contributed by atoms with E-state index in [1.807, 2.05) is 0 Å². The highest BCUT2D eigenvalue weighted by Crippen LogP contribution is 2.13. The molecular formula is C19H33NO. The topological polar surface area (TPSA) is 32.3 Å². The van der Waals surface area contributed by atoms with Crippen LogP contribution in [0.3, 0.4) is 0 Å². The smallest absolute Gasteiger partial charge is 0.0434 e. The quantitative estimate of drug-likeness (QED) is 0.492. The maximum atomic E-state index is 8.87. The number of benzene rings is 1. The zero-order valence-corrected chi connectivity index (χ0v) is 13.7. The highest BCUT2D eigenvalue weighted by molar-refractivity contribution is 5.45. The Kier molecular flexibility index (Phi) is 10.9. The molecule has 1 aromatic carbocycles. The molecule has 0 aromatic heterocycles. The number of hydrogen-bond acceptors (Lipinski definition) is 2. The molecule has 120 valence electrons. The van der Waals surface area contributed by atoms with E-state index in [1.54, 1.807) is 0 Å². The van der Waals surface area contributed by atoms with Crippen LogP contribution in [0.2, 0.25) is 0 Å². The van der Waals surface area contributed by atoms with Gasteiger partial charge in [-0.1, -0.05) is 64.0 Å². The molecule has 0 fully saturated rings. The van der Waals surface area contributed by atoms with E-state index in [0.29, 0.717) is 0 Å². The van der Waals surface area contributed by atoms with Gasteiger partial charge >= 0.3 is 0 Å². The van der Waals surface area contributed by atoms with Gasteiger partial charge in [-0.3, -0.25) is 0 Å². The zero-order valence-electron chi connectivity index (χ0n) is 13.7. The highest BCUT2D eigenvalue weighted by Gasteiger charge is 1.96. The third-order valence-electron chi connectivity index (χ3n) is 3.91. The van der Waals surface area contributed by atoms with Crippen LogP contribution in [0.1, 0.15) is 70.3 Å². The lowest BCUT2D eigenvalue weighted by atomic mass is 10.1. The summed E-state index contributed by atoms with van der Waals surface area (Å²) in [5, 5.41) is 12.4. The molecule has 0 saturated heterocycles. The van der Waals surface area contributed by atoms with Gasteiger partial charge in [-0.2, -0.15) is 0 Å². The van der Waals surface area contributed by atoms with Crippen LogP contribution in [-0.4, -0.2) is 18.3 Å². The lowest BCUT2D eigenvalue weighted by Gasteiger charge is -2.08. The molecule has 0 bridgehead atoms. The monoisotopic (exact) mass is 291 g/mol. The fraction of sp³-hybridized carbons (Fsp3) is 0.684. The third kappa shape index (κ3) is 9.52. The van der Waals surface area contributed by atoms with Gasteiger partial charge in [0.05, 0.1) is 0 Å². The Bertz CT molecular complexity index is 351. The van der Waals surface area contributed by atoms with E-state index in [-0.39, 0.29) is 6.61 Å². The van der Waals surface area contributed by atoms with Crippen molar-refractivity contribution in [2.75, 3.05) is 18.5 Å². The summed E-state index contributed by atoms with van der Waals surface area (Å²) in [5.41, 5.74) is 2.53. The van der Waals surface area contributed by atoms with Gasteiger partial charge in [0, 0.05) is 18.8 Å². The van der Waals surface area contributed by atoms with E-state index < -0.39 is 0 Å². The van der Waals surface area contributed by atoms with Crippen LogP contribution in [0, 0.1) is 0 Å². The number of rotatable bonds is 13. The third-order valence-corrected chi connectivity index (χ3v) is 3.91. The molecule has 2 nitrogen and oxygen atoms in total. The largest absolute Gasteiger partial charge is 0.396 e. The van der Waals surface area contributed by atoms with Crippen LogP contribution in [0.4, 0.5) is 5.69 Å². The number of aryl methyl sites for hydroxylation is 1. The summed E-state index contributed by atoms with van der Waals surface area (Å²) >= 11 is 0. The molecule has 0 aliphatic carbocycles. The number of nitrogens with one attached hydrogen (secondary N) is 1. The minimum atomic E-state index is 0.274. The van der Waals surface area contributed by atoms with Crippen molar-refractivity contribution < 1.29 is 5.11 Å². The van der Waals surface area contributed by atoms with Crippen LogP contribution in [-0.2, 0) is 6.42 Å². The molecule has 0 radical (unpaired) electrons. The summed E-state index contributed by atoms with van der Waals surface area (Å²) < 4.78 is 0. The Labute approximate surface area is 131 Å². The second kappa shape index (κ2) is 12.7. The Morgan fingerprint density at radius 2 is 1.62 bits per heavy atom. The summed E-state index contributed by atoms with van der Waals surface area (Å²) in [7, 11) is 0. The fourth-order valence-corrected chi connectivity index (χ4v) is 2.61. The number of unbranched alkanes of at least 4 members (excludes halogenated alkanes) is 7. The van der Waals surface area contributed by atoms with E-state index in [0.717, 1.165) is 19.4 Å². The summed E-state index contributed by atoms with van der Waals surface area (Å²) in [6, 6.07) is 8.58. The maximum Gasteiger partial charge on any atom is 0.0434 e. The van der Waals surface area contributed by atoms with Gasteiger partial charge < -0.3 is 10.4 Å². The molecule has 0 spiro atoms. The minimum absolute atomic E-state index is 0.274. The van der Waals surface area contributed by atoms with Crippen LogP contribution < -0.4 is 5.32 Å². The first-order chi connectivity index (χ1) is 10.4. The Morgan fingerprint density at radius 1 is 0.905 bits per heavy atom. The first-order valence-electron chi connectivity index (χ1n) is 8.80. The second-order valence-electron chi connectivity index (χ2n) is 5.93. The number of anilines is 1. The Morgan fingerprint density at radius 3 is 2.33 bits per heavy atom. The molecule has 0 saturated carbocycles. The van der Waals surface area contributed by atoms with Crippen molar-refractivity contribution in [1.82, 2.24) is 0 Å². The molecular weight excluding hydrogens is 258 g/mol. The van der Waals surface area contributed by atoms with E-state index in [9.17, 15) is 0 Å². The van der Waals surface area contributed by atoms with Crippen molar-refractivity contribution in [3.63, 3.8) is 0 Å². The lowest BCUT2D eigenvalue weighted by Crippen LogP contribution is -2.02. The molecule has 1 aromatic rings. The predicted molar refractivity (Wildman–Crippen MR) is 92.9 cm³/mol. The molecule has 0 aliphatic heterocycles. The number of aliphatic hydroxyl groups is 1. The van der Waals surface area contributed by atoms with Crippen molar-refractivity contribution in [3.8, 4) is 0 Å². The van der Waals surface area contributed by atoms with Crippen LogP contribution >= 0.6 is 0 Å². The van der Waals surface area contributed by atoms with Gasteiger partial charge in [0.15, 0.2) is 0 Å². The predicted octanol–water partition coefficient (Wildman–Crippen LogP) is 5.16. The van der Waals surface area contributed by atoms with Crippen LogP contribution in [0.5, 0.6) is 0 Å². The van der Waals surface area contributed by atoms with E-state index in [4.69, 9.17) is 5.11 Å². The normalized spacial score (nSPS) is 10.8. The van der Waals surface area contributed by atoms with Gasteiger partial charge in [-0.25, -0.2) is 0 Å². The van der Waals surface area contributed by atoms with E-state index in [2.05, 4.69) is 36.5 Å². The average Bonchev–Trinajstić information content (AvgIpc) is 2.52.